The van der Waals surface area contributed by atoms with Crippen molar-refractivity contribution in [3.63, 3.8) is 0 Å². The molecule has 2 bridgehead atoms. The number of cyclic esters (lactones) is 1. The molecule has 56 heavy (non-hydrogen) atoms. The molecule has 1 amide bonds. The third-order valence-electron chi connectivity index (χ3n) is 12.9. The van der Waals surface area contributed by atoms with Crippen LogP contribution in [0.25, 0.3) is 0 Å². The van der Waals surface area contributed by atoms with E-state index in [1.807, 2.05) is 32.9 Å². The molecule has 3 heterocycles. The van der Waals surface area contributed by atoms with Crippen LogP contribution in [-0.4, -0.2) is 126 Å². The molecule has 1 aliphatic carbocycles. The number of hydrogen-bond donors (Lipinski definition) is 3. The molecule has 0 aromatic heterocycles. The standard InChI is InChI=1S/C43H69NO12/c1-10-30-18-24(2)17-25(3)19-36(53-8)39-37(54-9)21-27(5)43(51,56-39)40(48)41(49)44-16-12-11-13-31(44)42(50)55-38(28(6)33(46)23-34(30)47)26(4)20-29-14-15-32(45)35(22-29)52-7/h18,20,25,27-33,35-39,45-46,51H,10-17,19,21-23H2,1-9H3/b24-18+,26-20+/t25-,27+,28-,29-,30-,31-,32+,33+,35+,36-,37-,38-,39+,43+/m0/s1. The van der Waals surface area contributed by atoms with Gasteiger partial charge in [0, 0.05) is 52.0 Å². The molecular formula is C43H69NO12. The number of nitrogens with zero attached hydrogens (tertiary/aromatic N) is 1. The quantitative estimate of drug-likeness (QED) is 0.196. The van der Waals surface area contributed by atoms with Gasteiger partial charge in [0.1, 0.15) is 24.0 Å². The first-order chi connectivity index (χ1) is 26.5. The van der Waals surface area contributed by atoms with E-state index in [2.05, 4.69) is 6.92 Å². The number of amides is 1. The van der Waals surface area contributed by atoms with Gasteiger partial charge in [-0.1, -0.05) is 45.4 Å². The second-order valence-corrected chi connectivity index (χ2v) is 17.2. The van der Waals surface area contributed by atoms with Gasteiger partial charge in [-0.3, -0.25) is 14.4 Å². The number of rotatable bonds is 6. The van der Waals surface area contributed by atoms with Crippen LogP contribution in [0.4, 0.5) is 0 Å². The highest BCUT2D eigenvalue weighted by Crippen LogP contribution is 2.39. The van der Waals surface area contributed by atoms with Gasteiger partial charge in [-0.2, -0.15) is 0 Å². The van der Waals surface area contributed by atoms with Crippen molar-refractivity contribution in [3.05, 3.63) is 23.3 Å². The van der Waals surface area contributed by atoms with Crippen molar-refractivity contribution in [2.75, 3.05) is 27.9 Å². The lowest BCUT2D eigenvalue weighted by Crippen LogP contribution is -2.64. The molecule has 3 N–H and O–H groups in total. The Hall–Kier alpha value is -2.52. The zero-order valence-corrected chi connectivity index (χ0v) is 35.1. The number of allylic oxidation sites excluding steroid dienone is 3. The molecule has 4 aliphatic rings. The molecule has 3 aliphatic heterocycles. The van der Waals surface area contributed by atoms with E-state index in [9.17, 15) is 34.5 Å². The van der Waals surface area contributed by atoms with Crippen molar-refractivity contribution in [1.29, 1.82) is 0 Å². The number of fused-ring (bicyclic) bond motifs is 3. The molecule has 0 aromatic carbocycles. The smallest absolute Gasteiger partial charge is 0.329 e. The summed E-state index contributed by atoms with van der Waals surface area (Å²) in [6.07, 6.45) is 3.72. The molecule has 2 saturated heterocycles. The lowest BCUT2D eigenvalue weighted by molar-refractivity contribution is -0.302. The van der Waals surface area contributed by atoms with Crippen LogP contribution in [-0.2, 0) is 42.9 Å². The Balaban J connectivity index is 1.76. The van der Waals surface area contributed by atoms with Gasteiger partial charge in [0.05, 0.1) is 30.5 Å². The number of aliphatic hydroxyl groups excluding tert-OH is 2. The summed E-state index contributed by atoms with van der Waals surface area (Å²) in [7, 11) is 4.63. The van der Waals surface area contributed by atoms with Crippen molar-refractivity contribution >= 4 is 23.4 Å². The fourth-order valence-electron chi connectivity index (χ4n) is 9.39. The average Bonchev–Trinajstić information content (AvgIpc) is 3.18. The zero-order chi connectivity index (χ0) is 41.5. The fraction of sp³-hybridized carbons (Fsp3) is 0.814. The van der Waals surface area contributed by atoms with Crippen LogP contribution in [0.5, 0.6) is 0 Å². The predicted octanol–water partition coefficient (Wildman–Crippen LogP) is 4.47. The van der Waals surface area contributed by atoms with Crippen LogP contribution in [0.15, 0.2) is 23.3 Å². The van der Waals surface area contributed by atoms with Crippen LogP contribution in [0.3, 0.4) is 0 Å². The van der Waals surface area contributed by atoms with E-state index in [1.165, 1.54) is 19.1 Å². The molecule has 318 valence electrons. The van der Waals surface area contributed by atoms with E-state index in [1.54, 1.807) is 21.0 Å². The Labute approximate surface area is 333 Å². The van der Waals surface area contributed by atoms with Gasteiger partial charge in [0.25, 0.3) is 11.7 Å². The number of esters is 1. The molecule has 0 aromatic rings. The van der Waals surface area contributed by atoms with Gasteiger partial charge in [-0.05, 0) is 95.5 Å². The maximum absolute atomic E-state index is 14.3. The second kappa shape index (κ2) is 20.4. The van der Waals surface area contributed by atoms with Crippen molar-refractivity contribution in [2.24, 2.45) is 29.6 Å². The SMILES string of the molecule is CC[C@H]1/C=C(\C)C[C@H](C)C[C@H](OC)[C@H]2O[C@@](O)(C(=O)C(=O)N3CCCC[C@H]3C(=O)O[C@@H](/C(C)=C/[C@@H]3CC[C@@H](O)[C@H](OC)C3)[C@@H](C)[C@H](O)CC1=O)[C@H](C)C[C@@H]2OC. The highest BCUT2D eigenvalue weighted by Gasteiger charge is 2.56. The first-order valence-electron chi connectivity index (χ1n) is 20.8. The van der Waals surface area contributed by atoms with Crippen LogP contribution in [0.1, 0.15) is 112 Å². The summed E-state index contributed by atoms with van der Waals surface area (Å²) in [5.41, 5.74) is 1.66. The minimum atomic E-state index is -2.50. The highest BCUT2D eigenvalue weighted by molar-refractivity contribution is 6.39. The van der Waals surface area contributed by atoms with Gasteiger partial charge >= 0.3 is 5.97 Å². The summed E-state index contributed by atoms with van der Waals surface area (Å²) in [6.45, 7) is 11.3. The molecule has 0 unspecified atom stereocenters. The molecule has 1 saturated carbocycles. The summed E-state index contributed by atoms with van der Waals surface area (Å²) >= 11 is 0. The number of hydrogen-bond acceptors (Lipinski definition) is 12. The lowest BCUT2D eigenvalue weighted by Gasteiger charge is -2.47. The highest BCUT2D eigenvalue weighted by atomic mass is 16.7. The van der Waals surface area contributed by atoms with Crippen LogP contribution < -0.4 is 0 Å². The Morgan fingerprint density at radius 1 is 0.911 bits per heavy atom. The Bertz CT molecular complexity index is 1430. The number of methoxy groups -OCH3 is 3. The third-order valence-corrected chi connectivity index (χ3v) is 12.9. The van der Waals surface area contributed by atoms with Crippen molar-refractivity contribution < 1.29 is 58.2 Å². The summed E-state index contributed by atoms with van der Waals surface area (Å²) in [5.74, 6) is -7.50. The van der Waals surface area contributed by atoms with Crippen LogP contribution in [0, 0.1) is 29.6 Å². The Morgan fingerprint density at radius 3 is 2.21 bits per heavy atom. The number of ether oxygens (including phenoxy) is 5. The fourth-order valence-corrected chi connectivity index (χ4v) is 9.39. The summed E-state index contributed by atoms with van der Waals surface area (Å²) in [5, 5.41) is 34.1. The molecular weight excluding hydrogens is 722 g/mol. The minimum Gasteiger partial charge on any atom is -0.456 e. The number of piperidine rings is 1. The Morgan fingerprint density at radius 2 is 1.57 bits per heavy atom. The van der Waals surface area contributed by atoms with Gasteiger partial charge in [-0.15, -0.1) is 0 Å². The molecule has 3 fully saturated rings. The Kier molecular flexibility index (Phi) is 16.9. The summed E-state index contributed by atoms with van der Waals surface area (Å²) < 4.78 is 29.7. The number of Topliss-reactive ketones (excluding diaryl/α,β-unsaturated/α-hetero) is 2. The molecule has 0 spiro atoms. The van der Waals surface area contributed by atoms with E-state index in [4.69, 9.17) is 23.7 Å². The number of aliphatic hydroxyl groups is 3. The zero-order valence-electron chi connectivity index (χ0n) is 35.1. The van der Waals surface area contributed by atoms with E-state index in [0.717, 1.165) is 5.57 Å². The van der Waals surface area contributed by atoms with Crippen LogP contribution >= 0.6 is 0 Å². The van der Waals surface area contributed by atoms with E-state index < -0.39 is 83.9 Å². The monoisotopic (exact) mass is 791 g/mol. The maximum Gasteiger partial charge on any atom is 0.329 e. The summed E-state index contributed by atoms with van der Waals surface area (Å²) in [6, 6.07) is -1.13. The van der Waals surface area contributed by atoms with E-state index in [-0.39, 0.29) is 49.5 Å². The number of carbonyl (C=O) groups excluding carboxylic acids is 4. The molecule has 4 rings (SSSR count). The van der Waals surface area contributed by atoms with E-state index >= 15 is 0 Å². The normalized spacial score (nSPS) is 41.6. The average molecular weight is 792 g/mol. The van der Waals surface area contributed by atoms with Gasteiger partial charge in [-0.25, -0.2) is 4.79 Å². The van der Waals surface area contributed by atoms with Gasteiger partial charge in [0.2, 0.25) is 5.79 Å². The number of ketones is 2. The van der Waals surface area contributed by atoms with Gasteiger partial charge < -0.3 is 43.9 Å². The minimum absolute atomic E-state index is 0.000914. The van der Waals surface area contributed by atoms with Crippen molar-refractivity contribution in [1.82, 2.24) is 4.90 Å². The summed E-state index contributed by atoms with van der Waals surface area (Å²) in [4.78, 5) is 57.6. The second-order valence-electron chi connectivity index (χ2n) is 17.2. The lowest BCUT2D eigenvalue weighted by atomic mass is 9.81. The number of carbonyl (C=O) groups is 4. The van der Waals surface area contributed by atoms with Crippen molar-refractivity contribution in [3.8, 4) is 0 Å². The van der Waals surface area contributed by atoms with E-state index in [0.29, 0.717) is 56.9 Å². The first kappa shape index (κ1) is 46.2. The molecule has 14 atom stereocenters. The topological polar surface area (TPSA) is 178 Å². The third kappa shape index (κ3) is 10.7. The predicted molar refractivity (Wildman–Crippen MR) is 208 cm³/mol. The van der Waals surface area contributed by atoms with Crippen LogP contribution in [0.2, 0.25) is 0 Å². The maximum atomic E-state index is 14.3. The molecule has 0 radical (unpaired) electrons. The molecule has 13 nitrogen and oxygen atoms in total. The first-order valence-corrected chi connectivity index (χ1v) is 20.8. The largest absolute Gasteiger partial charge is 0.456 e. The molecule has 13 heteroatoms. The van der Waals surface area contributed by atoms with Gasteiger partial charge in [0.15, 0.2) is 0 Å². The van der Waals surface area contributed by atoms with Crippen molar-refractivity contribution in [2.45, 2.75) is 167 Å².